The highest BCUT2D eigenvalue weighted by Gasteiger charge is 2.25. The molecule has 0 spiro atoms. The molecular weight excluding hydrogens is 262 g/mol. The van der Waals surface area contributed by atoms with Gasteiger partial charge in [-0.2, -0.15) is 0 Å². The van der Waals surface area contributed by atoms with Crippen molar-refractivity contribution in [2.24, 2.45) is 0 Å². The van der Waals surface area contributed by atoms with Crippen LogP contribution in [0.3, 0.4) is 0 Å². The molecule has 0 radical (unpaired) electrons. The van der Waals surface area contributed by atoms with Gasteiger partial charge in [0.2, 0.25) is 5.91 Å². The Kier molecular flexibility index (Phi) is 5.01. The van der Waals surface area contributed by atoms with Crippen LogP contribution in [0.2, 0.25) is 0 Å². The highest BCUT2D eigenvalue weighted by atomic mass is 32.2. The number of aromatic nitrogens is 2. The van der Waals surface area contributed by atoms with E-state index >= 15 is 0 Å². The van der Waals surface area contributed by atoms with Gasteiger partial charge in [-0.25, -0.2) is 4.98 Å². The molecule has 5 nitrogen and oxygen atoms in total. The van der Waals surface area contributed by atoms with Gasteiger partial charge in [-0.1, -0.05) is 18.7 Å². The number of likely N-dealkylation sites (tertiary alicyclic amines) is 1. The maximum Gasteiger partial charge on any atom is 0.251 e. The maximum atomic E-state index is 12.2. The summed E-state index contributed by atoms with van der Waals surface area (Å²) in [6, 6.07) is 1.74. The molecule has 0 unspecified atom stereocenters. The number of aromatic amines is 1. The highest BCUT2D eigenvalue weighted by Crippen LogP contribution is 2.21. The Morgan fingerprint density at radius 1 is 1.58 bits per heavy atom. The summed E-state index contributed by atoms with van der Waals surface area (Å²) in [6.07, 6.45) is 5.88. The van der Waals surface area contributed by atoms with Crippen LogP contribution in [0.5, 0.6) is 0 Å². The molecule has 1 aromatic heterocycles. The summed E-state index contributed by atoms with van der Waals surface area (Å²) in [5.41, 5.74) is -0.186. The molecule has 0 saturated carbocycles. The summed E-state index contributed by atoms with van der Waals surface area (Å²) < 4.78 is 0. The van der Waals surface area contributed by atoms with Crippen molar-refractivity contribution in [1.82, 2.24) is 14.9 Å². The lowest BCUT2D eigenvalue weighted by atomic mass is 10.0. The van der Waals surface area contributed by atoms with Crippen LogP contribution in [0.15, 0.2) is 22.2 Å². The van der Waals surface area contributed by atoms with E-state index in [1.165, 1.54) is 30.4 Å². The fourth-order valence-corrected chi connectivity index (χ4v) is 3.13. The molecule has 1 aromatic rings. The second-order valence-electron chi connectivity index (χ2n) is 4.67. The zero-order valence-electron chi connectivity index (χ0n) is 11.1. The molecule has 1 aliphatic heterocycles. The van der Waals surface area contributed by atoms with Gasteiger partial charge >= 0.3 is 0 Å². The van der Waals surface area contributed by atoms with E-state index in [-0.39, 0.29) is 11.5 Å². The number of rotatable bonds is 4. The van der Waals surface area contributed by atoms with Crippen molar-refractivity contribution < 1.29 is 4.79 Å². The molecule has 0 bridgehead atoms. The Bertz CT molecular complexity index is 489. The molecule has 2 rings (SSSR count). The molecule has 1 saturated heterocycles. The topological polar surface area (TPSA) is 66.1 Å². The number of amides is 1. The molecule has 104 valence electrons. The quantitative estimate of drug-likeness (QED) is 0.673. The van der Waals surface area contributed by atoms with Gasteiger partial charge in [0.1, 0.15) is 0 Å². The van der Waals surface area contributed by atoms with Crippen molar-refractivity contribution in [3.63, 3.8) is 0 Å². The summed E-state index contributed by atoms with van der Waals surface area (Å²) in [5.74, 6) is 0.478. The number of nitrogens with zero attached hydrogens (tertiary/aromatic N) is 2. The predicted octanol–water partition coefficient (Wildman–Crippen LogP) is 1.65. The molecule has 19 heavy (non-hydrogen) atoms. The van der Waals surface area contributed by atoms with Crippen LogP contribution in [0.25, 0.3) is 0 Å². The lowest BCUT2D eigenvalue weighted by molar-refractivity contribution is -0.132. The van der Waals surface area contributed by atoms with Crippen LogP contribution in [0.1, 0.15) is 32.6 Å². The number of nitrogens with one attached hydrogen (secondary N) is 1. The molecule has 1 amide bonds. The number of piperidine rings is 1. The number of carbonyl (C=O) groups is 1. The van der Waals surface area contributed by atoms with E-state index in [4.69, 9.17) is 0 Å². The minimum atomic E-state index is -0.186. The van der Waals surface area contributed by atoms with Gasteiger partial charge in [0.05, 0.1) is 5.75 Å². The molecule has 6 heteroatoms. The Morgan fingerprint density at radius 2 is 2.42 bits per heavy atom. The number of hydrogen-bond acceptors (Lipinski definition) is 4. The third-order valence-electron chi connectivity index (χ3n) is 3.40. The van der Waals surface area contributed by atoms with Crippen molar-refractivity contribution in [3.8, 4) is 0 Å². The fourth-order valence-electron chi connectivity index (χ4n) is 2.39. The Hall–Kier alpha value is -1.30. The second-order valence-corrected chi connectivity index (χ2v) is 5.64. The van der Waals surface area contributed by atoms with Crippen LogP contribution < -0.4 is 5.56 Å². The molecular formula is C13H19N3O2S. The van der Waals surface area contributed by atoms with Gasteiger partial charge in [0.25, 0.3) is 5.56 Å². The number of thioether (sulfide) groups is 1. The fraction of sp³-hybridized carbons (Fsp3) is 0.615. The van der Waals surface area contributed by atoms with Crippen LogP contribution in [0, 0.1) is 0 Å². The van der Waals surface area contributed by atoms with E-state index in [0.717, 1.165) is 25.8 Å². The van der Waals surface area contributed by atoms with E-state index in [1.807, 2.05) is 4.90 Å². The van der Waals surface area contributed by atoms with Gasteiger partial charge in [-0.3, -0.25) is 9.59 Å². The smallest absolute Gasteiger partial charge is 0.251 e. The summed E-state index contributed by atoms with van der Waals surface area (Å²) in [5, 5.41) is 0.505. The van der Waals surface area contributed by atoms with E-state index in [0.29, 0.717) is 17.0 Å². The van der Waals surface area contributed by atoms with Crippen LogP contribution in [-0.2, 0) is 4.79 Å². The highest BCUT2D eigenvalue weighted by molar-refractivity contribution is 7.99. The average molecular weight is 281 g/mol. The zero-order chi connectivity index (χ0) is 13.7. The normalized spacial score (nSPS) is 19.4. The van der Waals surface area contributed by atoms with E-state index < -0.39 is 0 Å². The first-order valence-electron chi connectivity index (χ1n) is 6.68. The lowest BCUT2D eigenvalue weighted by Crippen LogP contribution is -2.44. The number of carbonyl (C=O) groups excluding carboxylic acids is 1. The zero-order valence-corrected chi connectivity index (χ0v) is 11.9. The molecule has 1 aliphatic rings. The van der Waals surface area contributed by atoms with E-state index in [9.17, 15) is 9.59 Å². The molecule has 2 heterocycles. The first-order valence-corrected chi connectivity index (χ1v) is 7.67. The standard InChI is InChI=1S/C13H19N3O2S/c1-2-10-5-3-4-8-16(10)12(18)9-19-13-14-7-6-11(17)15-13/h6-7,10H,2-5,8-9H2,1H3,(H,14,15,17)/t10-/m1/s1. The predicted molar refractivity (Wildman–Crippen MR) is 75.2 cm³/mol. The van der Waals surface area contributed by atoms with Gasteiger partial charge in [-0.05, 0) is 25.7 Å². The monoisotopic (exact) mass is 281 g/mol. The van der Waals surface area contributed by atoms with Gasteiger partial charge in [0.15, 0.2) is 5.16 Å². The molecule has 1 fully saturated rings. The van der Waals surface area contributed by atoms with E-state index in [2.05, 4.69) is 16.9 Å². The number of hydrogen-bond donors (Lipinski definition) is 1. The molecule has 1 N–H and O–H groups in total. The van der Waals surface area contributed by atoms with Crippen LogP contribution in [0.4, 0.5) is 0 Å². The van der Waals surface area contributed by atoms with Crippen molar-refractivity contribution in [1.29, 1.82) is 0 Å². The summed E-state index contributed by atoms with van der Waals surface area (Å²) in [6.45, 7) is 2.98. The second kappa shape index (κ2) is 6.75. The van der Waals surface area contributed by atoms with Crippen molar-refractivity contribution in [2.75, 3.05) is 12.3 Å². The first-order chi connectivity index (χ1) is 9.20. The van der Waals surface area contributed by atoms with Crippen molar-refractivity contribution in [3.05, 3.63) is 22.6 Å². The van der Waals surface area contributed by atoms with Crippen molar-refractivity contribution >= 4 is 17.7 Å². The number of H-pyrrole nitrogens is 1. The third-order valence-corrected chi connectivity index (χ3v) is 4.27. The van der Waals surface area contributed by atoms with Crippen LogP contribution in [-0.4, -0.2) is 39.1 Å². The minimum absolute atomic E-state index is 0.142. The van der Waals surface area contributed by atoms with Crippen LogP contribution >= 0.6 is 11.8 Å². The Labute approximate surface area is 116 Å². The Balaban J connectivity index is 1.91. The van der Waals surface area contributed by atoms with Gasteiger partial charge in [0, 0.05) is 24.8 Å². The SMILES string of the molecule is CC[C@@H]1CCCCN1C(=O)CSc1nccc(=O)[nH]1. The Morgan fingerprint density at radius 3 is 3.16 bits per heavy atom. The maximum absolute atomic E-state index is 12.2. The largest absolute Gasteiger partial charge is 0.339 e. The molecule has 0 aromatic carbocycles. The van der Waals surface area contributed by atoms with Crippen molar-refractivity contribution in [2.45, 2.75) is 43.8 Å². The summed E-state index contributed by atoms with van der Waals surface area (Å²) in [4.78, 5) is 32.0. The summed E-state index contributed by atoms with van der Waals surface area (Å²) in [7, 11) is 0. The van der Waals surface area contributed by atoms with Gasteiger partial charge in [-0.15, -0.1) is 0 Å². The third kappa shape index (κ3) is 3.83. The molecule has 1 atom stereocenters. The first kappa shape index (κ1) is 14.1. The summed E-state index contributed by atoms with van der Waals surface area (Å²) >= 11 is 1.29. The average Bonchev–Trinajstić information content (AvgIpc) is 2.45. The van der Waals surface area contributed by atoms with E-state index in [1.54, 1.807) is 0 Å². The lowest BCUT2D eigenvalue weighted by Gasteiger charge is -2.35. The molecule has 0 aliphatic carbocycles. The van der Waals surface area contributed by atoms with Gasteiger partial charge < -0.3 is 9.88 Å². The minimum Gasteiger partial charge on any atom is -0.339 e.